The number of carbonyl (C=O) groups is 1. The Labute approximate surface area is 145 Å². The summed E-state index contributed by atoms with van der Waals surface area (Å²) in [5.41, 5.74) is 4.12. The summed E-state index contributed by atoms with van der Waals surface area (Å²) in [7, 11) is 0. The van der Waals surface area contributed by atoms with Gasteiger partial charge in [-0.05, 0) is 50.1 Å². The van der Waals surface area contributed by atoms with Crippen molar-refractivity contribution in [2.75, 3.05) is 0 Å². The van der Waals surface area contributed by atoms with Gasteiger partial charge >= 0.3 is 5.97 Å². The molecule has 0 bridgehead atoms. The Morgan fingerprint density at radius 1 is 1.12 bits per heavy atom. The maximum absolute atomic E-state index is 13.6. The van der Waals surface area contributed by atoms with Crippen LogP contribution in [0.15, 0.2) is 42.5 Å². The number of aromatic nitrogens is 3. The third-order valence-electron chi connectivity index (χ3n) is 4.14. The van der Waals surface area contributed by atoms with Crippen LogP contribution in [-0.4, -0.2) is 21.0 Å². The van der Waals surface area contributed by atoms with Crippen LogP contribution in [0.2, 0.25) is 0 Å². The summed E-state index contributed by atoms with van der Waals surface area (Å²) < 4.78 is 20.4. The van der Waals surface area contributed by atoms with Crippen molar-refractivity contribution in [3.63, 3.8) is 0 Å². The van der Waals surface area contributed by atoms with Crippen molar-refractivity contribution in [3.8, 4) is 5.69 Å². The lowest BCUT2D eigenvalue weighted by atomic mass is 10.1. The van der Waals surface area contributed by atoms with E-state index in [-0.39, 0.29) is 12.3 Å². The molecule has 1 aromatic heterocycles. The number of halogens is 1. The lowest BCUT2D eigenvalue weighted by Crippen LogP contribution is -2.09. The molecular weight excluding hydrogens is 321 g/mol. The van der Waals surface area contributed by atoms with Crippen LogP contribution >= 0.6 is 0 Å². The molecule has 3 aromatic rings. The Morgan fingerprint density at radius 3 is 2.60 bits per heavy atom. The van der Waals surface area contributed by atoms with Crippen molar-refractivity contribution in [1.82, 2.24) is 15.0 Å². The fraction of sp³-hybridized carbons (Fsp3) is 0.211. The van der Waals surface area contributed by atoms with Crippen LogP contribution in [0.5, 0.6) is 0 Å². The van der Waals surface area contributed by atoms with E-state index < -0.39 is 11.8 Å². The largest absolute Gasteiger partial charge is 0.456 e. The van der Waals surface area contributed by atoms with Crippen LogP contribution in [0.3, 0.4) is 0 Å². The molecule has 0 amide bonds. The maximum Gasteiger partial charge on any atom is 0.361 e. The highest BCUT2D eigenvalue weighted by Gasteiger charge is 2.19. The first-order valence-electron chi connectivity index (χ1n) is 7.88. The van der Waals surface area contributed by atoms with Gasteiger partial charge in [0.15, 0.2) is 5.69 Å². The first kappa shape index (κ1) is 16.8. The third kappa shape index (κ3) is 3.42. The van der Waals surface area contributed by atoms with Crippen LogP contribution < -0.4 is 0 Å². The molecule has 25 heavy (non-hydrogen) atoms. The zero-order chi connectivity index (χ0) is 18.0. The minimum Gasteiger partial charge on any atom is -0.456 e. The summed E-state index contributed by atoms with van der Waals surface area (Å²) in [5, 5.41) is 7.97. The molecule has 1 heterocycles. The summed E-state index contributed by atoms with van der Waals surface area (Å²) in [6.45, 7) is 5.63. The molecule has 0 fully saturated rings. The first-order valence-corrected chi connectivity index (χ1v) is 7.88. The highest BCUT2D eigenvalue weighted by molar-refractivity contribution is 5.88. The molecule has 0 saturated heterocycles. The Morgan fingerprint density at radius 2 is 1.88 bits per heavy atom. The summed E-state index contributed by atoms with van der Waals surface area (Å²) in [5.74, 6) is -1.04. The molecule has 0 aliphatic carbocycles. The number of carbonyl (C=O) groups excluding carboxylic acids is 1. The smallest absolute Gasteiger partial charge is 0.361 e. The summed E-state index contributed by atoms with van der Waals surface area (Å²) in [6.07, 6.45) is 0. The van der Waals surface area contributed by atoms with Gasteiger partial charge in [0.2, 0.25) is 0 Å². The van der Waals surface area contributed by atoms with Crippen LogP contribution in [-0.2, 0) is 11.3 Å². The average Bonchev–Trinajstić information content (AvgIpc) is 2.98. The third-order valence-corrected chi connectivity index (χ3v) is 4.14. The quantitative estimate of drug-likeness (QED) is 0.680. The summed E-state index contributed by atoms with van der Waals surface area (Å²) >= 11 is 0. The van der Waals surface area contributed by atoms with Crippen molar-refractivity contribution < 1.29 is 13.9 Å². The van der Waals surface area contributed by atoms with Gasteiger partial charge < -0.3 is 4.74 Å². The van der Waals surface area contributed by atoms with Gasteiger partial charge in [-0.15, -0.1) is 5.10 Å². The topological polar surface area (TPSA) is 57.0 Å². The molecule has 0 aliphatic heterocycles. The van der Waals surface area contributed by atoms with Gasteiger partial charge in [0.1, 0.15) is 12.4 Å². The highest BCUT2D eigenvalue weighted by Crippen LogP contribution is 2.17. The van der Waals surface area contributed by atoms with Gasteiger partial charge in [-0.2, -0.15) is 0 Å². The van der Waals surface area contributed by atoms with Gasteiger partial charge in [-0.1, -0.05) is 29.5 Å². The minimum atomic E-state index is -0.629. The zero-order valence-corrected chi connectivity index (χ0v) is 14.3. The molecule has 0 N–H and O–H groups in total. The number of nitrogens with zero attached hydrogens (tertiary/aromatic N) is 3. The predicted octanol–water partition coefficient (Wildman–Crippen LogP) is 3.69. The molecule has 0 atom stereocenters. The molecule has 0 spiro atoms. The Bertz CT molecular complexity index is 934. The Balaban J connectivity index is 1.79. The number of hydrogen-bond acceptors (Lipinski definition) is 4. The number of esters is 1. The molecule has 6 heteroatoms. The minimum absolute atomic E-state index is 0.120. The molecule has 3 rings (SSSR count). The lowest BCUT2D eigenvalue weighted by molar-refractivity contribution is 0.0461. The van der Waals surface area contributed by atoms with Gasteiger partial charge in [-0.25, -0.2) is 13.9 Å². The number of rotatable bonds is 4. The molecular formula is C19H18FN3O2. The summed E-state index contributed by atoms with van der Waals surface area (Å²) in [6, 6.07) is 12.0. The molecule has 0 saturated carbocycles. The molecule has 0 radical (unpaired) electrons. The van der Waals surface area contributed by atoms with E-state index in [2.05, 4.69) is 10.3 Å². The van der Waals surface area contributed by atoms with Crippen molar-refractivity contribution in [2.45, 2.75) is 27.4 Å². The second-order valence-electron chi connectivity index (χ2n) is 5.87. The fourth-order valence-corrected chi connectivity index (χ4v) is 2.45. The molecule has 0 aliphatic rings. The Kier molecular flexibility index (Phi) is 4.61. The van der Waals surface area contributed by atoms with E-state index in [4.69, 9.17) is 4.74 Å². The average molecular weight is 339 g/mol. The van der Waals surface area contributed by atoms with Crippen molar-refractivity contribution in [3.05, 3.63) is 76.4 Å². The fourth-order valence-electron chi connectivity index (χ4n) is 2.45. The maximum atomic E-state index is 13.6. The highest BCUT2D eigenvalue weighted by atomic mass is 19.1. The van der Waals surface area contributed by atoms with Crippen LogP contribution in [0.4, 0.5) is 4.39 Å². The van der Waals surface area contributed by atoms with Crippen LogP contribution in [0.25, 0.3) is 5.69 Å². The van der Waals surface area contributed by atoms with Gasteiger partial charge in [-0.3, -0.25) is 0 Å². The predicted molar refractivity (Wildman–Crippen MR) is 91.1 cm³/mol. The van der Waals surface area contributed by atoms with E-state index in [0.717, 1.165) is 11.3 Å². The lowest BCUT2D eigenvalue weighted by Gasteiger charge is -2.07. The molecule has 128 valence electrons. The van der Waals surface area contributed by atoms with Crippen molar-refractivity contribution in [1.29, 1.82) is 0 Å². The number of ether oxygens (including phenoxy) is 1. The van der Waals surface area contributed by atoms with Crippen molar-refractivity contribution in [2.24, 2.45) is 0 Å². The molecule has 2 aromatic carbocycles. The normalized spacial score (nSPS) is 10.7. The zero-order valence-electron chi connectivity index (χ0n) is 14.3. The van der Waals surface area contributed by atoms with E-state index in [1.165, 1.54) is 11.6 Å². The van der Waals surface area contributed by atoms with Gasteiger partial charge in [0, 0.05) is 5.56 Å². The van der Waals surface area contributed by atoms with E-state index in [1.807, 2.05) is 32.0 Å². The number of aryl methyl sites for hydroxylation is 2. The van der Waals surface area contributed by atoms with E-state index in [1.54, 1.807) is 29.8 Å². The SMILES string of the molecule is Cc1ccc(-n2nnc(C(=O)OCc3ccccc3F)c2C)cc1C. The number of hydrogen-bond donors (Lipinski definition) is 0. The second-order valence-corrected chi connectivity index (χ2v) is 5.87. The van der Waals surface area contributed by atoms with E-state index in [0.29, 0.717) is 11.3 Å². The van der Waals surface area contributed by atoms with Crippen LogP contribution in [0.1, 0.15) is 32.9 Å². The second kappa shape index (κ2) is 6.84. The standard InChI is InChI=1S/C19H18FN3O2/c1-12-8-9-16(10-13(12)2)23-14(3)18(21-22-23)19(24)25-11-15-6-4-5-7-17(15)20/h4-10H,11H2,1-3H3. The van der Waals surface area contributed by atoms with Crippen molar-refractivity contribution >= 4 is 5.97 Å². The summed E-state index contributed by atoms with van der Waals surface area (Å²) in [4.78, 5) is 12.3. The number of benzene rings is 2. The Hall–Kier alpha value is -3.02. The molecule has 0 unspecified atom stereocenters. The molecule has 5 nitrogen and oxygen atoms in total. The monoisotopic (exact) mass is 339 g/mol. The van der Waals surface area contributed by atoms with E-state index >= 15 is 0 Å². The first-order chi connectivity index (χ1) is 12.0. The van der Waals surface area contributed by atoms with Crippen LogP contribution in [0, 0.1) is 26.6 Å². The van der Waals surface area contributed by atoms with E-state index in [9.17, 15) is 9.18 Å². The van der Waals surface area contributed by atoms with Gasteiger partial charge in [0.05, 0.1) is 11.4 Å². The van der Waals surface area contributed by atoms with Gasteiger partial charge in [0.25, 0.3) is 0 Å².